The Bertz CT molecular complexity index is 326. The molecule has 0 bridgehead atoms. The van der Waals surface area contributed by atoms with E-state index in [2.05, 4.69) is 5.32 Å². The molecule has 0 spiro atoms. The summed E-state index contributed by atoms with van der Waals surface area (Å²) in [5.41, 5.74) is 0. The molecule has 0 aliphatic carbocycles. The fourth-order valence-electron chi connectivity index (χ4n) is 1.48. The summed E-state index contributed by atoms with van der Waals surface area (Å²) in [4.78, 5) is 1.13. The molecular formula is C10H12Cl3NS. The van der Waals surface area contributed by atoms with E-state index in [0.717, 1.165) is 23.0 Å². The Morgan fingerprint density at radius 2 is 2.13 bits per heavy atom. The second-order valence-corrected chi connectivity index (χ2v) is 5.49. The summed E-state index contributed by atoms with van der Waals surface area (Å²) in [6.07, 6.45) is 1.21. The van der Waals surface area contributed by atoms with Crippen molar-refractivity contribution in [1.29, 1.82) is 0 Å². The highest BCUT2D eigenvalue weighted by Crippen LogP contribution is 2.34. The van der Waals surface area contributed by atoms with Gasteiger partial charge in [-0.05, 0) is 31.2 Å². The topological polar surface area (TPSA) is 12.0 Å². The molecule has 1 aromatic rings. The first-order valence-corrected chi connectivity index (χ1v) is 6.22. The van der Waals surface area contributed by atoms with Crippen molar-refractivity contribution in [2.75, 3.05) is 13.1 Å². The van der Waals surface area contributed by atoms with Gasteiger partial charge in [-0.1, -0.05) is 23.2 Å². The Morgan fingerprint density at radius 1 is 1.33 bits per heavy atom. The van der Waals surface area contributed by atoms with Crippen LogP contribution in [0.25, 0.3) is 0 Å². The van der Waals surface area contributed by atoms with Gasteiger partial charge in [-0.2, -0.15) is 0 Å². The van der Waals surface area contributed by atoms with Crippen LogP contribution in [-0.4, -0.2) is 18.3 Å². The van der Waals surface area contributed by atoms with Crippen molar-refractivity contribution >= 4 is 47.4 Å². The van der Waals surface area contributed by atoms with Crippen LogP contribution < -0.4 is 5.32 Å². The monoisotopic (exact) mass is 283 g/mol. The van der Waals surface area contributed by atoms with Crippen LogP contribution in [0.1, 0.15) is 6.42 Å². The first-order chi connectivity index (χ1) is 6.75. The van der Waals surface area contributed by atoms with Gasteiger partial charge in [0.15, 0.2) is 0 Å². The first-order valence-electron chi connectivity index (χ1n) is 4.58. The van der Waals surface area contributed by atoms with Crippen molar-refractivity contribution in [3.05, 3.63) is 28.2 Å². The van der Waals surface area contributed by atoms with Crippen LogP contribution in [0, 0.1) is 0 Å². The van der Waals surface area contributed by atoms with E-state index in [1.54, 1.807) is 6.07 Å². The Labute approximate surface area is 110 Å². The Balaban J connectivity index is 0.00000112. The van der Waals surface area contributed by atoms with Crippen molar-refractivity contribution in [3.8, 4) is 0 Å². The highest BCUT2D eigenvalue weighted by atomic mass is 35.5. The fourth-order valence-corrected chi connectivity index (χ4v) is 3.14. The number of rotatable bonds is 2. The lowest BCUT2D eigenvalue weighted by Gasteiger charge is -2.09. The largest absolute Gasteiger partial charge is 0.316 e. The smallest absolute Gasteiger partial charge is 0.0556 e. The lowest BCUT2D eigenvalue weighted by atomic mass is 10.4. The van der Waals surface area contributed by atoms with Crippen LogP contribution in [0.15, 0.2) is 23.1 Å². The second kappa shape index (κ2) is 6.21. The van der Waals surface area contributed by atoms with Crippen LogP contribution in [0.5, 0.6) is 0 Å². The predicted molar refractivity (Wildman–Crippen MR) is 70.8 cm³/mol. The Morgan fingerprint density at radius 3 is 2.73 bits per heavy atom. The van der Waals surface area contributed by atoms with Crippen molar-refractivity contribution in [3.63, 3.8) is 0 Å². The van der Waals surface area contributed by atoms with Gasteiger partial charge in [-0.3, -0.25) is 0 Å². The van der Waals surface area contributed by atoms with E-state index in [1.165, 1.54) is 6.42 Å². The van der Waals surface area contributed by atoms with Gasteiger partial charge in [0.05, 0.1) is 5.02 Å². The molecule has 1 N–H and O–H groups in total. The molecule has 1 unspecified atom stereocenters. The maximum atomic E-state index is 6.08. The second-order valence-electron chi connectivity index (χ2n) is 3.31. The molecule has 1 heterocycles. The van der Waals surface area contributed by atoms with Gasteiger partial charge in [-0.15, -0.1) is 24.2 Å². The summed E-state index contributed by atoms with van der Waals surface area (Å²) in [5.74, 6) is 0. The Hall–Kier alpha value is 0.400. The third kappa shape index (κ3) is 3.72. The minimum Gasteiger partial charge on any atom is -0.316 e. The van der Waals surface area contributed by atoms with Crippen molar-refractivity contribution in [1.82, 2.24) is 5.32 Å². The van der Waals surface area contributed by atoms with Gasteiger partial charge < -0.3 is 5.32 Å². The third-order valence-corrected chi connectivity index (χ3v) is 4.21. The van der Waals surface area contributed by atoms with Crippen LogP contribution >= 0.6 is 47.4 Å². The molecule has 1 fully saturated rings. The lowest BCUT2D eigenvalue weighted by molar-refractivity contribution is 0.858. The molecule has 1 saturated heterocycles. The summed E-state index contributed by atoms with van der Waals surface area (Å²) in [7, 11) is 0. The molecule has 1 aliphatic heterocycles. The summed E-state index contributed by atoms with van der Waals surface area (Å²) in [5, 5.41) is 5.44. The third-order valence-electron chi connectivity index (χ3n) is 2.20. The minimum atomic E-state index is 0. The minimum absolute atomic E-state index is 0. The lowest BCUT2D eigenvalue weighted by Crippen LogP contribution is -2.09. The maximum Gasteiger partial charge on any atom is 0.0556 e. The number of halogens is 3. The predicted octanol–water partition coefficient (Wildman–Crippen LogP) is 3.87. The van der Waals surface area contributed by atoms with Crippen molar-refractivity contribution in [2.24, 2.45) is 0 Å². The molecule has 0 saturated carbocycles. The molecule has 15 heavy (non-hydrogen) atoms. The van der Waals surface area contributed by atoms with Crippen molar-refractivity contribution in [2.45, 2.75) is 16.6 Å². The highest BCUT2D eigenvalue weighted by Gasteiger charge is 2.16. The number of thioether (sulfide) groups is 1. The molecule has 0 amide bonds. The number of nitrogens with one attached hydrogen (secondary N) is 1. The van der Waals surface area contributed by atoms with E-state index < -0.39 is 0 Å². The van der Waals surface area contributed by atoms with Crippen LogP contribution in [0.2, 0.25) is 10.0 Å². The zero-order valence-electron chi connectivity index (χ0n) is 8.00. The molecule has 0 aromatic heterocycles. The molecule has 5 heteroatoms. The number of hydrogen-bond acceptors (Lipinski definition) is 2. The molecule has 1 aromatic carbocycles. The zero-order chi connectivity index (χ0) is 9.97. The van der Waals surface area contributed by atoms with E-state index >= 15 is 0 Å². The van der Waals surface area contributed by atoms with E-state index in [4.69, 9.17) is 23.2 Å². The van der Waals surface area contributed by atoms with E-state index in [9.17, 15) is 0 Å². The highest BCUT2D eigenvalue weighted by molar-refractivity contribution is 8.00. The zero-order valence-corrected chi connectivity index (χ0v) is 11.1. The van der Waals surface area contributed by atoms with Crippen LogP contribution in [-0.2, 0) is 0 Å². The van der Waals surface area contributed by atoms with Crippen LogP contribution in [0.3, 0.4) is 0 Å². The first kappa shape index (κ1) is 13.5. The Kier molecular flexibility index (Phi) is 5.58. The van der Waals surface area contributed by atoms with Crippen molar-refractivity contribution < 1.29 is 0 Å². The molecule has 84 valence electrons. The summed E-state index contributed by atoms with van der Waals surface area (Å²) in [6.45, 7) is 2.19. The van der Waals surface area contributed by atoms with Gasteiger partial charge in [0.2, 0.25) is 0 Å². The molecule has 1 aliphatic rings. The average Bonchev–Trinajstić information content (AvgIpc) is 2.62. The van der Waals surface area contributed by atoms with Gasteiger partial charge in [0, 0.05) is 21.7 Å². The quantitative estimate of drug-likeness (QED) is 0.885. The molecule has 0 radical (unpaired) electrons. The van der Waals surface area contributed by atoms with Gasteiger partial charge in [-0.25, -0.2) is 0 Å². The molecule has 1 nitrogen and oxygen atoms in total. The summed E-state index contributed by atoms with van der Waals surface area (Å²) >= 11 is 13.7. The van der Waals surface area contributed by atoms with E-state index in [-0.39, 0.29) is 12.4 Å². The van der Waals surface area contributed by atoms with E-state index in [1.807, 2.05) is 23.9 Å². The number of benzene rings is 1. The van der Waals surface area contributed by atoms with Gasteiger partial charge in [0.25, 0.3) is 0 Å². The molecule has 2 rings (SSSR count). The number of hydrogen-bond donors (Lipinski definition) is 1. The fraction of sp³-hybridized carbons (Fsp3) is 0.400. The molecular weight excluding hydrogens is 273 g/mol. The van der Waals surface area contributed by atoms with Gasteiger partial charge >= 0.3 is 0 Å². The summed E-state index contributed by atoms with van der Waals surface area (Å²) < 4.78 is 0. The van der Waals surface area contributed by atoms with Gasteiger partial charge in [0.1, 0.15) is 0 Å². The summed E-state index contributed by atoms with van der Waals surface area (Å²) in [6, 6.07) is 5.68. The average molecular weight is 285 g/mol. The normalized spacial score (nSPS) is 20.0. The van der Waals surface area contributed by atoms with E-state index in [0.29, 0.717) is 10.3 Å². The van der Waals surface area contributed by atoms with Crippen LogP contribution in [0.4, 0.5) is 0 Å². The molecule has 1 atom stereocenters. The SMILES string of the molecule is Cl.Clc1ccc(SC2CCNC2)c(Cl)c1. The standard InChI is InChI=1S/C10H11Cl2NS.ClH/c11-7-1-2-10(9(12)5-7)14-8-3-4-13-6-8;/h1-2,5,8,13H,3-4,6H2;1H. The maximum absolute atomic E-state index is 6.08.